The maximum Gasteiger partial charge on any atom is 0.280 e. The van der Waals surface area contributed by atoms with Gasteiger partial charge in [-0.25, -0.2) is 0 Å². The van der Waals surface area contributed by atoms with Gasteiger partial charge in [0.1, 0.15) is 11.3 Å². The topological polar surface area (TPSA) is 43.6 Å². The molecule has 0 bridgehead atoms. The van der Waals surface area contributed by atoms with E-state index in [-0.39, 0.29) is 5.91 Å². The molecule has 1 aromatic heterocycles. The molecule has 3 rings (SSSR count). The summed E-state index contributed by atoms with van der Waals surface area (Å²) in [5.74, 6) is 0.547. The monoisotopic (exact) mass is 424 g/mol. The van der Waals surface area contributed by atoms with Crippen molar-refractivity contribution in [1.29, 1.82) is 0 Å². The Labute approximate surface area is 145 Å². The van der Waals surface area contributed by atoms with Crippen LogP contribution in [0.4, 0.5) is 0 Å². The van der Waals surface area contributed by atoms with E-state index in [9.17, 15) is 4.79 Å². The van der Waals surface area contributed by atoms with Crippen LogP contribution in [0.25, 0.3) is 10.2 Å². The molecule has 1 amide bonds. The van der Waals surface area contributed by atoms with Crippen molar-refractivity contribution in [3.05, 3.63) is 56.4 Å². The molecule has 3 aromatic rings. The third kappa shape index (κ3) is 2.68. The largest absolute Gasteiger partial charge is 0.495 e. The predicted octanol–water partition coefficient (Wildman–Crippen LogP) is 3.59. The van der Waals surface area contributed by atoms with Crippen molar-refractivity contribution < 1.29 is 9.53 Å². The Hall–Kier alpha value is -1.67. The summed E-state index contributed by atoms with van der Waals surface area (Å²) in [6.07, 6.45) is 0. The first-order valence-electron chi connectivity index (χ1n) is 6.58. The predicted molar refractivity (Wildman–Crippen MR) is 96.4 cm³/mol. The van der Waals surface area contributed by atoms with Gasteiger partial charge in [-0.1, -0.05) is 29.5 Å². The van der Waals surface area contributed by atoms with E-state index in [1.807, 2.05) is 48.0 Å². The minimum absolute atomic E-state index is 0.230. The number of nitrogens with zero attached hydrogens (tertiary/aromatic N) is 2. The molecule has 22 heavy (non-hydrogen) atoms. The molecule has 0 unspecified atom stereocenters. The number of carbonyl (C=O) groups is 1. The van der Waals surface area contributed by atoms with E-state index in [0.717, 1.165) is 19.5 Å². The second kappa shape index (κ2) is 6.21. The van der Waals surface area contributed by atoms with Gasteiger partial charge in [0.15, 0.2) is 4.80 Å². The Morgan fingerprint density at radius 3 is 2.73 bits per heavy atom. The van der Waals surface area contributed by atoms with Crippen molar-refractivity contribution in [2.24, 2.45) is 12.0 Å². The van der Waals surface area contributed by atoms with Crippen LogP contribution in [-0.2, 0) is 7.05 Å². The molecule has 0 aliphatic heterocycles. The number of rotatable bonds is 2. The fourth-order valence-corrected chi connectivity index (χ4v) is 3.87. The standard InChI is InChI=1S/C16H13IN2O2S/c1-19-14-12(21-2)8-5-9-13(14)22-16(19)18-15(20)10-6-3-4-7-11(10)17/h3-9H,1-2H3. The lowest BCUT2D eigenvalue weighted by Gasteiger charge is -2.03. The van der Waals surface area contributed by atoms with Crippen LogP contribution in [0.5, 0.6) is 5.75 Å². The lowest BCUT2D eigenvalue weighted by atomic mass is 10.2. The second-order valence-corrected chi connectivity index (χ2v) is 6.82. The van der Waals surface area contributed by atoms with Crippen LogP contribution < -0.4 is 9.54 Å². The molecule has 0 saturated carbocycles. The quantitative estimate of drug-likeness (QED) is 0.591. The molecular weight excluding hydrogens is 411 g/mol. The number of methoxy groups -OCH3 is 1. The molecule has 4 nitrogen and oxygen atoms in total. The second-order valence-electron chi connectivity index (χ2n) is 4.65. The lowest BCUT2D eigenvalue weighted by molar-refractivity contribution is 0.0997. The van der Waals surface area contributed by atoms with Crippen molar-refractivity contribution in [1.82, 2.24) is 4.57 Å². The van der Waals surface area contributed by atoms with E-state index < -0.39 is 0 Å². The Kier molecular flexibility index (Phi) is 4.30. The SMILES string of the molecule is COc1cccc2sc(=NC(=O)c3ccccc3I)n(C)c12. The zero-order chi connectivity index (χ0) is 15.7. The van der Waals surface area contributed by atoms with Crippen LogP contribution in [0.3, 0.4) is 0 Å². The van der Waals surface area contributed by atoms with Crippen LogP contribution in [0, 0.1) is 3.57 Å². The van der Waals surface area contributed by atoms with Crippen LogP contribution in [0.1, 0.15) is 10.4 Å². The maximum atomic E-state index is 12.4. The first kappa shape index (κ1) is 15.2. The highest BCUT2D eigenvalue weighted by Crippen LogP contribution is 2.26. The van der Waals surface area contributed by atoms with Crippen LogP contribution >= 0.6 is 33.9 Å². The average molecular weight is 424 g/mol. The molecule has 0 radical (unpaired) electrons. The number of hydrogen-bond acceptors (Lipinski definition) is 3. The summed E-state index contributed by atoms with van der Waals surface area (Å²) in [7, 11) is 3.53. The highest BCUT2D eigenvalue weighted by atomic mass is 127. The molecule has 0 N–H and O–H groups in total. The Morgan fingerprint density at radius 1 is 1.23 bits per heavy atom. The Bertz CT molecular complexity index is 927. The number of aromatic nitrogens is 1. The van der Waals surface area contributed by atoms with Crippen molar-refractivity contribution in [3.8, 4) is 5.75 Å². The number of benzene rings is 2. The molecule has 112 valence electrons. The van der Waals surface area contributed by atoms with Gasteiger partial charge >= 0.3 is 0 Å². The summed E-state index contributed by atoms with van der Waals surface area (Å²) in [5.41, 5.74) is 1.57. The van der Waals surface area contributed by atoms with E-state index in [1.54, 1.807) is 13.2 Å². The third-order valence-corrected chi connectivity index (χ3v) is 5.34. The van der Waals surface area contributed by atoms with Gasteiger partial charge in [0, 0.05) is 10.6 Å². The van der Waals surface area contributed by atoms with Gasteiger partial charge in [-0.15, -0.1) is 0 Å². The smallest absolute Gasteiger partial charge is 0.280 e. The summed E-state index contributed by atoms with van der Waals surface area (Å²) in [6.45, 7) is 0. The van der Waals surface area contributed by atoms with Crippen molar-refractivity contribution in [2.75, 3.05) is 7.11 Å². The Morgan fingerprint density at radius 2 is 2.00 bits per heavy atom. The molecule has 1 heterocycles. The summed E-state index contributed by atoms with van der Waals surface area (Å²) in [5, 5.41) is 0. The lowest BCUT2D eigenvalue weighted by Crippen LogP contribution is -2.14. The van der Waals surface area contributed by atoms with Crippen LogP contribution in [0.15, 0.2) is 47.5 Å². The number of fused-ring (bicyclic) bond motifs is 1. The third-order valence-electron chi connectivity index (χ3n) is 3.31. The van der Waals surface area contributed by atoms with Crippen LogP contribution in [-0.4, -0.2) is 17.6 Å². The van der Waals surface area contributed by atoms with Gasteiger partial charge in [0.25, 0.3) is 5.91 Å². The molecule has 0 saturated heterocycles. The van der Waals surface area contributed by atoms with E-state index in [0.29, 0.717) is 10.4 Å². The van der Waals surface area contributed by atoms with Crippen molar-refractivity contribution in [3.63, 3.8) is 0 Å². The molecule has 0 spiro atoms. The minimum atomic E-state index is -0.230. The summed E-state index contributed by atoms with van der Waals surface area (Å²) in [6, 6.07) is 13.3. The molecule has 2 aromatic carbocycles. The van der Waals surface area contributed by atoms with Crippen molar-refractivity contribution >= 4 is 50.1 Å². The number of halogens is 1. The number of ether oxygens (including phenoxy) is 1. The van der Waals surface area contributed by atoms with Gasteiger partial charge in [-0.2, -0.15) is 4.99 Å². The number of para-hydroxylation sites is 1. The summed E-state index contributed by atoms with van der Waals surface area (Å²) in [4.78, 5) is 17.4. The zero-order valence-electron chi connectivity index (χ0n) is 12.0. The van der Waals surface area contributed by atoms with E-state index >= 15 is 0 Å². The van der Waals surface area contributed by atoms with E-state index in [2.05, 4.69) is 27.6 Å². The summed E-state index contributed by atoms with van der Waals surface area (Å²) < 4.78 is 9.22. The zero-order valence-corrected chi connectivity index (χ0v) is 15.0. The fourth-order valence-electron chi connectivity index (χ4n) is 2.22. The molecule has 0 atom stereocenters. The molecular formula is C16H13IN2O2S. The van der Waals surface area contributed by atoms with Gasteiger partial charge in [-0.3, -0.25) is 4.79 Å². The number of carbonyl (C=O) groups excluding carboxylic acids is 1. The van der Waals surface area contributed by atoms with Crippen molar-refractivity contribution in [2.45, 2.75) is 0 Å². The number of aryl methyl sites for hydroxylation is 1. The molecule has 6 heteroatoms. The fraction of sp³-hybridized carbons (Fsp3) is 0.125. The first-order chi connectivity index (χ1) is 10.6. The normalized spacial score (nSPS) is 11.9. The minimum Gasteiger partial charge on any atom is -0.495 e. The highest BCUT2D eigenvalue weighted by Gasteiger charge is 2.11. The van der Waals surface area contributed by atoms with Gasteiger partial charge in [0.05, 0.1) is 17.4 Å². The average Bonchev–Trinajstić information content (AvgIpc) is 2.84. The van der Waals surface area contributed by atoms with E-state index in [1.165, 1.54) is 11.3 Å². The number of amides is 1. The van der Waals surface area contributed by atoms with Gasteiger partial charge in [0.2, 0.25) is 0 Å². The van der Waals surface area contributed by atoms with Crippen LogP contribution in [0.2, 0.25) is 0 Å². The first-order valence-corrected chi connectivity index (χ1v) is 8.47. The summed E-state index contributed by atoms with van der Waals surface area (Å²) >= 11 is 3.62. The maximum absolute atomic E-state index is 12.4. The van der Waals surface area contributed by atoms with Gasteiger partial charge in [-0.05, 0) is 46.9 Å². The highest BCUT2D eigenvalue weighted by molar-refractivity contribution is 14.1. The Balaban J connectivity index is 2.16. The number of thiazole rings is 1. The molecule has 0 fully saturated rings. The van der Waals surface area contributed by atoms with E-state index in [4.69, 9.17) is 4.74 Å². The number of hydrogen-bond donors (Lipinski definition) is 0. The van der Waals surface area contributed by atoms with Gasteiger partial charge < -0.3 is 9.30 Å². The molecule has 0 aliphatic rings. The molecule has 0 aliphatic carbocycles.